The van der Waals surface area contributed by atoms with Crippen LogP contribution in [0.1, 0.15) is 0 Å². The van der Waals surface area contributed by atoms with Crippen LogP contribution in [0.4, 0.5) is 0 Å². The minimum Gasteiger partial charge on any atom is -0.502 e. The lowest BCUT2D eigenvalue weighted by molar-refractivity contribution is 0.340. The van der Waals surface area contributed by atoms with Gasteiger partial charge in [-0.25, -0.2) is 4.98 Å². The van der Waals surface area contributed by atoms with Gasteiger partial charge in [0, 0.05) is 5.56 Å². The lowest BCUT2D eigenvalue weighted by atomic mass is 10.2. The summed E-state index contributed by atoms with van der Waals surface area (Å²) < 4.78 is 15.2. The normalized spacial score (nSPS) is 10.1. The summed E-state index contributed by atoms with van der Waals surface area (Å²) in [7, 11) is 2.93. The molecule has 84 valence electrons. The first-order chi connectivity index (χ1) is 7.76. The molecular formula is C11H11NO4. The largest absolute Gasteiger partial charge is 0.502 e. The lowest BCUT2D eigenvalue weighted by Crippen LogP contribution is -1.90. The Morgan fingerprint density at radius 2 is 1.81 bits per heavy atom. The summed E-state index contributed by atoms with van der Waals surface area (Å²) in [6.07, 6.45) is 3.02. The van der Waals surface area contributed by atoms with Crippen molar-refractivity contribution in [2.45, 2.75) is 0 Å². The SMILES string of the molecule is COc1cc(-c2ncco2)cc(OC)c1O. The van der Waals surface area contributed by atoms with Gasteiger partial charge in [-0.2, -0.15) is 0 Å². The van der Waals surface area contributed by atoms with E-state index in [0.717, 1.165) is 0 Å². The highest BCUT2D eigenvalue weighted by Gasteiger charge is 2.14. The Morgan fingerprint density at radius 1 is 1.19 bits per heavy atom. The Bertz CT molecular complexity index is 454. The maximum absolute atomic E-state index is 9.71. The molecule has 2 aromatic rings. The number of phenolic OH excluding ortho intramolecular Hbond substituents is 1. The third-order valence-electron chi connectivity index (χ3n) is 2.16. The summed E-state index contributed by atoms with van der Waals surface area (Å²) in [5, 5.41) is 9.71. The van der Waals surface area contributed by atoms with Crippen LogP contribution in [-0.4, -0.2) is 24.3 Å². The predicted octanol–water partition coefficient (Wildman–Crippen LogP) is 2.06. The van der Waals surface area contributed by atoms with Crippen molar-refractivity contribution in [1.82, 2.24) is 4.98 Å². The number of oxazole rings is 1. The smallest absolute Gasteiger partial charge is 0.226 e. The molecule has 0 aliphatic heterocycles. The second kappa shape index (κ2) is 4.14. The molecule has 0 atom stereocenters. The maximum Gasteiger partial charge on any atom is 0.226 e. The molecule has 1 N–H and O–H groups in total. The first kappa shape index (κ1) is 10.4. The Balaban J connectivity index is 2.56. The van der Waals surface area contributed by atoms with Gasteiger partial charge in [0.15, 0.2) is 11.5 Å². The molecule has 0 aliphatic carbocycles. The first-order valence-electron chi connectivity index (χ1n) is 4.61. The number of aromatic nitrogens is 1. The van der Waals surface area contributed by atoms with Gasteiger partial charge < -0.3 is 19.0 Å². The number of phenols is 1. The number of hydrogen-bond donors (Lipinski definition) is 1. The number of aromatic hydroxyl groups is 1. The van der Waals surface area contributed by atoms with E-state index in [1.165, 1.54) is 20.5 Å². The molecule has 0 saturated carbocycles. The highest BCUT2D eigenvalue weighted by molar-refractivity contribution is 5.65. The molecule has 1 aromatic carbocycles. The fourth-order valence-electron chi connectivity index (χ4n) is 1.38. The van der Waals surface area contributed by atoms with Crippen LogP contribution in [0.5, 0.6) is 17.2 Å². The van der Waals surface area contributed by atoms with Gasteiger partial charge in [0.05, 0.1) is 20.4 Å². The number of rotatable bonds is 3. The summed E-state index contributed by atoms with van der Waals surface area (Å²) in [5.74, 6) is 1.03. The Kier molecular flexibility index (Phi) is 2.68. The van der Waals surface area contributed by atoms with Crippen molar-refractivity contribution < 1.29 is 19.0 Å². The molecule has 0 aliphatic rings. The monoisotopic (exact) mass is 221 g/mol. The van der Waals surface area contributed by atoms with Crippen LogP contribution in [0.2, 0.25) is 0 Å². The highest BCUT2D eigenvalue weighted by atomic mass is 16.5. The second-order valence-electron chi connectivity index (χ2n) is 3.07. The standard InChI is InChI=1S/C11H11NO4/c1-14-8-5-7(11-12-3-4-16-11)6-9(15-2)10(8)13/h3-6,13H,1-2H3. The molecule has 2 rings (SSSR count). The molecule has 5 nitrogen and oxygen atoms in total. The van der Waals surface area contributed by atoms with Gasteiger partial charge in [-0.05, 0) is 12.1 Å². The van der Waals surface area contributed by atoms with E-state index in [2.05, 4.69) is 4.98 Å². The van der Waals surface area contributed by atoms with Crippen molar-refractivity contribution >= 4 is 0 Å². The molecule has 1 heterocycles. The average molecular weight is 221 g/mol. The first-order valence-corrected chi connectivity index (χ1v) is 4.61. The van der Waals surface area contributed by atoms with Crippen molar-refractivity contribution in [2.24, 2.45) is 0 Å². The minimum atomic E-state index is -0.0414. The molecule has 0 amide bonds. The van der Waals surface area contributed by atoms with Crippen LogP contribution in [0, 0.1) is 0 Å². The van der Waals surface area contributed by atoms with Crippen LogP contribution >= 0.6 is 0 Å². The number of hydrogen-bond acceptors (Lipinski definition) is 5. The van der Waals surface area contributed by atoms with E-state index in [1.807, 2.05) is 0 Å². The highest BCUT2D eigenvalue weighted by Crippen LogP contribution is 2.39. The van der Waals surface area contributed by atoms with Gasteiger partial charge in [0.25, 0.3) is 0 Å². The third-order valence-corrected chi connectivity index (χ3v) is 2.16. The molecule has 1 aromatic heterocycles. The third kappa shape index (κ3) is 1.67. The molecule has 0 unspecified atom stereocenters. The molecule has 0 saturated heterocycles. The number of nitrogens with zero attached hydrogens (tertiary/aromatic N) is 1. The summed E-state index contributed by atoms with van der Waals surface area (Å²) in [4.78, 5) is 4.01. The zero-order valence-electron chi connectivity index (χ0n) is 8.93. The molecular weight excluding hydrogens is 210 g/mol. The van der Waals surface area contributed by atoms with Gasteiger partial charge in [0.1, 0.15) is 6.26 Å². The Hall–Kier alpha value is -2.17. The fourth-order valence-corrected chi connectivity index (χ4v) is 1.38. The number of methoxy groups -OCH3 is 2. The Labute approximate surface area is 92.3 Å². The van der Waals surface area contributed by atoms with Gasteiger partial charge in [-0.3, -0.25) is 0 Å². The van der Waals surface area contributed by atoms with Crippen molar-refractivity contribution in [3.05, 3.63) is 24.6 Å². The fraction of sp³-hybridized carbons (Fsp3) is 0.182. The van der Waals surface area contributed by atoms with Crippen molar-refractivity contribution in [1.29, 1.82) is 0 Å². The van der Waals surface area contributed by atoms with Crippen molar-refractivity contribution in [3.63, 3.8) is 0 Å². The molecule has 0 spiro atoms. The van der Waals surface area contributed by atoms with Gasteiger partial charge in [-0.1, -0.05) is 0 Å². The van der Waals surface area contributed by atoms with Crippen LogP contribution in [0.3, 0.4) is 0 Å². The molecule has 5 heteroatoms. The van der Waals surface area contributed by atoms with E-state index in [9.17, 15) is 5.11 Å². The summed E-state index contributed by atoms with van der Waals surface area (Å²) in [5.41, 5.74) is 0.677. The molecule has 0 fully saturated rings. The summed E-state index contributed by atoms with van der Waals surface area (Å²) in [6, 6.07) is 3.26. The van der Waals surface area contributed by atoms with Gasteiger partial charge in [0.2, 0.25) is 11.6 Å². The molecule has 16 heavy (non-hydrogen) atoms. The average Bonchev–Trinajstić information content (AvgIpc) is 2.83. The van der Waals surface area contributed by atoms with Crippen molar-refractivity contribution in [2.75, 3.05) is 14.2 Å². The zero-order valence-corrected chi connectivity index (χ0v) is 8.93. The van der Waals surface area contributed by atoms with E-state index in [4.69, 9.17) is 13.9 Å². The minimum absolute atomic E-state index is 0.0414. The quantitative estimate of drug-likeness (QED) is 0.859. The van der Waals surface area contributed by atoms with E-state index in [0.29, 0.717) is 23.0 Å². The molecule has 0 bridgehead atoms. The summed E-state index contributed by atoms with van der Waals surface area (Å²) in [6.45, 7) is 0. The number of ether oxygens (including phenoxy) is 2. The second-order valence-corrected chi connectivity index (χ2v) is 3.07. The van der Waals surface area contributed by atoms with Crippen LogP contribution in [0.25, 0.3) is 11.5 Å². The number of benzene rings is 1. The van der Waals surface area contributed by atoms with Gasteiger partial charge in [-0.15, -0.1) is 0 Å². The zero-order chi connectivity index (χ0) is 11.5. The summed E-state index contributed by atoms with van der Waals surface area (Å²) >= 11 is 0. The van der Waals surface area contributed by atoms with Gasteiger partial charge >= 0.3 is 0 Å². The van der Waals surface area contributed by atoms with Crippen LogP contribution in [-0.2, 0) is 0 Å². The Morgan fingerprint density at radius 3 is 2.25 bits per heavy atom. The topological polar surface area (TPSA) is 64.7 Å². The predicted molar refractivity (Wildman–Crippen MR) is 56.7 cm³/mol. The molecule has 0 radical (unpaired) electrons. The van der Waals surface area contributed by atoms with E-state index in [1.54, 1.807) is 18.3 Å². The van der Waals surface area contributed by atoms with E-state index < -0.39 is 0 Å². The lowest BCUT2D eigenvalue weighted by Gasteiger charge is -2.09. The van der Waals surface area contributed by atoms with E-state index >= 15 is 0 Å². The van der Waals surface area contributed by atoms with E-state index in [-0.39, 0.29) is 5.75 Å². The van der Waals surface area contributed by atoms with Crippen molar-refractivity contribution in [3.8, 4) is 28.7 Å². The van der Waals surface area contributed by atoms with Crippen LogP contribution in [0.15, 0.2) is 29.0 Å². The van der Waals surface area contributed by atoms with Crippen LogP contribution < -0.4 is 9.47 Å². The maximum atomic E-state index is 9.71.